The highest BCUT2D eigenvalue weighted by atomic mass is 32.1. The molecule has 44 heavy (non-hydrogen) atoms. The molecule has 0 bridgehead atoms. The normalized spacial score (nSPS) is 20.5. The number of nitrogens with zero attached hydrogens (tertiary/aromatic N) is 1. The quantitative estimate of drug-likeness (QED) is 0.183. The molecular weight excluding hydrogens is 600 g/mol. The van der Waals surface area contributed by atoms with Gasteiger partial charge in [-0.15, -0.1) is 11.3 Å². The molecule has 3 aromatic rings. The number of allylic oxidation sites excluding steroid dienone is 2. The summed E-state index contributed by atoms with van der Waals surface area (Å²) in [6.45, 7) is 3.11. The van der Waals surface area contributed by atoms with Crippen LogP contribution in [0.1, 0.15) is 48.1 Å². The van der Waals surface area contributed by atoms with E-state index in [1.165, 1.54) is 40.5 Å². The van der Waals surface area contributed by atoms with E-state index in [0.717, 1.165) is 24.3 Å². The van der Waals surface area contributed by atoms with Crippen molar-refractivity contribution in [3.8, 4) is 0 Å². The minimum absolute atomic E-state index is 0.00415. The molecule has 0 amide bonds. The average Bonchev–Trinajstić information content (AvgIpc) is 3.52. The lowest BCUT2D eigenvalue weighted by Crippen LogP contribution is -2.46. The Kier molecular flexibility index (Phi) is 8.64. The number of thiophene rings is 1. The van der Waals surface area contributed by atoms with Gasteiger partial charge in [0.05, 0.1) is 30.3 Å². The number of esters is 2. The van der Waals surface area contributed by atoms with Crippen LogP contribution in [0.2, 0.25) is 0 Å². The summed E-state index contributed by atoms with van der Waals surface area (Å²) in [6, 6.07) is 12.9. The van der Waals surface area contributed by atoms with Gasteiger partial charge >= 0.3 is 18.1 Å². The number of carbonyl (C=O) groups is 3. The number of nitrogens with two attached hydrogens (primary N) is 1. The summed E-state index contributed by atoms with van der Waals surface area (Å²) in [5.74, 6) is -6.45. The van der Waals surface area contributed by atoms with Gasteiger partial charge in [0.2, 0.25) is 0 Å². The van der Waals surface area contributed by atoms with Crippen LogP contribution in [-0.2, 0) is 30.0 Å². The molecule has 0 saturated heterocycles. The Morgan fingerprint density at radius 1 is 1.02 bits per heavy atom. The molecule has 1 aliphatic heterocycles. The second-order valence-corrected chi connectivity index (χ2v) is 11.1. The van der Waals surface area contributed by atoms with Crippen molar-refractivity contribution < 1.29 is 41.4 Å². The number of carbonyl (C=O) groups excluding carboxylic acids is 3. The highest BCUT2D eigenvalue weighted by Crippen LogP contribution is 2.52. The first-order chi connectivity index (χ1) is 21.0. The minimum Gasteiger partial charge on any atom is -0.465 e. The summed E-state index contributed by atoms with van der Waals surface area (Å²) >= 11 is 1.32. The molecule has 230 valence electrons. The molecule has 0 fully saturated rings. The van der Waals surface area contributed by atoms with E-state index in [1.807, 2.05) is 0 Å². The summed E-state index contributed by atoms with van der Waals surface area (Å²) in [6.07, 6.45) is -4.70. The molecule has 7 nitrogen and oxygen atoms in total. The van der Waals surface area contributed by atoms with E-state index in [4.69, 9.17) is 15.2 Å². The monoisotopic (exact) mass is 628 g/mol. The summed E-state index contributed by atoms with van der Waals surface area (Å²) < 4.78 is 66.1. The Labute approximate surface area is 254 Å². The van der Waals surface area contributed by atoms with Crippen LogP contribution in [0.5, 0.6) is 0 Å². The largest absolute Gasteiger partial charge is 0.465 e. The molecule has 5 rings (SSSR count). The van der Waals surface area contributed by atoms with Crippen molar-refractivity contribution >= 4 is 34.7 Å². The summed E-state index contributed by atoms with van der Waals surface area (Å²) in [7, 11) is 0. The number of anilines is 1. The lowest BCUT2D eigenvalue weighted by molar-refractivity contribution is -0.152. The van der Waals surface area contributed by atoms with Crippen LogP contribution in [0, 0.1) is 11.7 Å². The van der Waals surface area contributed by atoms with Crippen molar-refractivity contribution in [2.24, 2.45) is 11.7 Å². The molecule has 3 unspecified atom stereocenters. The predicted molar refractivity (Wildman–Crippen MR) is 155 cm³/mol. The number of benzene rings is 2. The second kappa shape index (κ2) is 12.3. The Morgan fingerprint density at radius 2 is 1.73 bits per heavy atom. The van der Waals surface area contributed by atoms with Crippen molar-refractivity contribution in [1.29, 1.82) is 0 Å². The molecule has 0 saturated carbocycles. The Bertz CT molecular complexity index is 1650. The van der Waals surface area contributed by atoms with Crippen LogP contribution in [0.3, 0.4) is 0 Å². The molecule has 0 spiro atoms. The molecule has 3 atom stereocenters. The van der Waals surface area contributed by atoms with E-state index in [0.29, 0.717) is 10.4 Å². The maximum absolute atomic E-state index is 14.6. The number of ketones is 1. The van der Waals surface area contributed by atoms with Crippen LogP contribution < -0.4 is 10.6 Å². The van der Waals surface area contributed by atoms with Gasteiger partial charge in [-0.2, -0.15) is 13.2 Å². The van der Waals surface area contributed by atoms with Crippen LogP contribution in [0.25, 0.3) is 0 Å². The number of hydrogen-bond acceptors (Lipinski definition) is 8. The van der Waals surface area contributed by atoms with Crippen LogP contribution in [0.15, 0.2) is 88.7 Å². The molecular formula is C32H28F4N2O5S. The average molecular weight is 629 g/mol. The summed E-state index contributed by atoms with van der Waals surface area (Å²) in [4.78, 5) is 43.5. The van der Waals surface area contributed by atoms with Gasteiger partial charge in [0.15, 0.2) is 5.78 Å². The standard InChI is InChI=1S/C32H28F4N2O5S/c1-3-42-30(40)25-21(23-9-6-14-44-23)16-22-26(28(25)39)24(17-10-12-19(33)13-11-17)27(31(41)43-4-2)29(37)38(22)20-8-5-7-18(15-20)32(34,35)36/h5-15,21,24-25H,3-4,16,37H2,1-2H3. The van der Waals surface area contributed by atoms with Crippen molar-refractivity contribution in [2.75, 3.05) is 18.1 Å². The van der Waals surface area contributed by atoms with E-state index in [-0.39, 0.29) is 48.0 Å². The first kappa shape index (κ1) is 31.0. The third-order valence-corrected chi connectivity index (χ3v) is 8.62. The molecule has 1 aromatic heterocycles. The van der Waals surface area contributed by atoms with Gasteiger partial charge in [-0.1, -0.05) is 24.3 Å². The van der Waals surface area contributed by atoms with Crippen LogP contribution in [-0.4, -0.2) is 30.9 Å². The fraction of sp³-hybridized carbons (Fsp3) is 0.281. The fourth-order valence-electron chi connectivity index (χ4n) is 5.81. The molecule has 2 aromatic carbocycles. The topological polar surface area (TPSA) is 98.9 Å². The zero-order valence-electron chi connectivity index (χ0n) is 23.7. The first-order valence-corrected chi connectivity index (χ1v) is 14.7. The molecule has 2 N–H and O–H groups in total. The van der Waals surface area contributed by atoms with Crippen molar-refractivity contribution in [2.45, 2.75) is 38.3 Å². The van der Waals surface area contributed by atoms with E-state index in [1.54, 1.807) is 31.4 Å². The van der Waals surface area contributed by atoms with Crippen molar-refractivity contribution in [3.05, 3.63) is 111 Å². The zero-order valence-corrected chi connectivity index (χ0v) is 24.5. The summed E-state index contributed by atoms with van der Waals surface area (Å²) in [5, 5.41) is 1.78. The van der Waals surface area contributed by atoms with Gasteiger partial charge in [-0.25, -0.2) is 9.18 Å². The van der Waals surface area contributed by atoms with Crippen LogP contribution in [0.4, 0.5) is 23.2 Å². The van der Waals surface area contributed by atoms with Gasteiger partial charge < -0.3 is 15.2 Å². The predicted octanol–water partition coefficient (Wildman–Crippen LogP) is 6.43. The highest BCUT2D eigenvalue weighted by molar-refractivity contribution is 7.10. The van der Waals surface area contributed by atoms with Gasteiger partial charge in [0.25, 0.3) is 0 Å². The smallest absolute Gasteiger partial charge is 0.416 e. The molecule has 12 heteroatoms. The second-order valence-electron chi connectivity index (χ2n) is 10.2. The van der Waals surface area contributed by atoms with E-state index in [9.17, 15) is 31.9 Å². The fourth-order valence-corrected chi connectivity index (χ4v) is 6.68. The number of hydrogen-bond donors (Lipinski definition) is 1. The summed E-state index contributed by atoms with van der Waals surface area (Å²) in [5.41, 5.74) is 5.93. The maximum atomic E-state index is 14.6. The first-order valence-electron chi connectivity index (χ1n) is 13.8. The third-order valence-electron chi connectivity index (χ3n) is 7.62. The third kappa shape index (κ3) is 5.61. The number of ether oxygens (including phenoxy) is 2. The molecule has 2 heterocycles. The number of halogens is 4. The SMILES string of the molecule is CCOC(=O)C1=C(N)N(c2cccc(C(F)(F)F)c2)C2=C(C(=O)C(C(=O)OCC)C(c3cccs3)C2)C1c1ccc(F)cc1. The lowest BCUT2D eigenvalue weighted by atomic mass is 9.68. The number of alkyl halides is 3. The number of rotatable bonds is 7. The maximum Gasteiger partial charge on any atom is 0.416 e. The Morgan fingerprint density at radius 3 is 2.34 bits per heavy atom. The highest BCUT2D eigenvalue weighted by Gasteiger charge is 2.51. The minimum atomic E-state index is -4.70. The van der Waals surface area contributed by atoms with Gasteiger partial charge in [0.1, 0.15) is 17.6 Å². The molecule has 2 aliphatic rings. The molecule has 0 radical (unpaired) electrons. The molecule has 1 aliphatic carbocycles. The van der Waals surface area contributed by atoms with E-state index < -0.39 is 53.0 Å². The van der Waals surface area contributed by atoms with E-state index in [2.05, 4.69) is 0 Å². The van der Waals surface area contributed by atoms with Gasteiger partial charge in [-0.05, 0) is 67.6 Å². The van der Waals surface area contributed by atoms with Crippen LogP contribution >= 0.6 is 11.3 Å². The van der Waals surface area contributed by atoms with Crippen molar-refractivity contribution in [1.82, 2.24) is 0 Å². The van der Waals surface area contributed by atoms with Crippen molar-refractivity contribution in [3.63, 3.8) is 0 Å². The van der Waals surface area contributed by atoms with Gasteiger partial charge in [0, 0.05) is 27.8 Å². The van der Waals surface area contributed by atoms with E-state index >= 15 is 0 Å². The lowest BCUT2D eigenvalue weighted by Gasteiger charge is -2.44. The number of Topliss-reactive ketones (excluding diaryl/α,β-unsaturated/α-hetero) is 1. The van der Waals surface area contributed by atoms with Gasteiger partial charge in [-0.3, -0.25) is 14.5 Å². The zero-order chi connectivity index (χ0) is 31.8. The Hall–Kier alpha value is -4.45. The Balaban J connectivity index is 1.83.